The molecule has 160 valence electrons. The number of thioether (sulfide) groups is 1. The quantitative estimate of drug-likeness (QED) is 0.468. The zero-order valence-electron chi connectivity index (χ0n) is 16.5. The Morgan fingerprint density at radius 3 is 2.38 bits per heavy atom. The average molecular weight is 450 g/mol. The fourth-order valence-electron chi connectivity index (χ4n) is 3.94. The fourth-order valence-corrected chi connectivity index (χ4v) is 5.22. The van der Waals surface area contributed by atoms with E-state index in [0.717, 1.165) is 17.2 Å². The van der Waals surface area contributed by atoms with Crippen molar-refractivity contribution in [3.05, 3.63) is 99.2 Å². The molecule has 1 aliphatic heterocycles. The highest BCUT2D eigenvalue weighted by Crippen LogP contribution is 2.50. The molecular weight excluding hydrogens is 434 g/mol. The van der Waals surface area contributed by atoms with Crippen LogP contribution in [0.5, 0.6) is 0 Å². The molecule has 8 heteroatoms. The summed E-state index contributed by atoms with van der Waals surface area (Å²) in [5.41, 5.74) is 7.47. The van der Waals surface area contributed by atoms with Gasteiger partial charge in [0, 0.05) is 17.5 Å². The molecule has 1 atom stereocenters. The van der Waals surface area contributed by atoms with Gasteiger partial charge in [0.05, 0.1) is 10.5 Å². The number of carboxylic acids is 1. The minimum absolute atomic E-state index is 0.0154. The van der Waals surface area contributed by atoms with Crippen LogP contribution in [0.1, 0.15) is 26.9 Å². The molecular formula is C24H16F2N2O3S. The second-order valence-electron chi connectivity index (χ2n) is 7.46. The van der Waals surface area contributed by atoms with Crippen molar-refractivity contribution in [2.45, 2.75) is 16.9 Å². The molecule has 3 aromatic carbocycles. The number of hydrogen-bond acceptors (Lipinski definition) is 4. The number of nitrogens with two attached hydrogens (primary N) is 1. The third-order valence-electron chi connectivity index (χ3n) is 5.58. The van der Waals surface area contributed by atoms with E-state index >= 15 is 4.39 Å². The summed E-state index contributed by atoms with van der Waals surface area (Å²) >= 11 is 1.20. The normalized spacial score (nSPS) is 14.8. The molecule has 0 radical (unpaired) electrons. The molecule has 0 spiro atoms. The summed E-state index contributed by atoms with van der Waals surface area (Å²) in [6.45, 7) is 0.359. The van der Waals surface area contributed by atoms with Crippen LogP contribution in [-0.4, -0.2) is 15.6 Å². The van der Waals surface area contributed by atoms with Crippen LogP contribution >= 0.6 is 11.8 Å². The van der Waals surface area contributed by atoms with Gasteiger partial charge in [-0.05, 0) is 41.0 Å². The van der Waals surface area contributed by atoms with Crippen molar-refractivity contribution in [1.82, 2.24) is 4.57 Å². The standard InChI is InChI=1S/C24H16F2N2O3S/c25-15-7-5-14(6-8-15)22-28-19-10-16(13-3-1-12(11-27)2-4-13)18(26)9-17(19)21(29)20(24(30)31)23(28)32-22/h1-10,22H,11,27H2,(H,30,31). The maximum Gasteiger partial charge on any atom is 0.342 e. The van der Waals surface area contributed by atoms with Gasteiger partial charge in [0.2, 0.25) is 5.43 Å². The van der Waals surface area contributed by atoms with E-state index in [1.54, 1.807) is 47.0 Å². The van der Waals surface area contributed by atoms with Crippen LogP contribution in [0, 0.1) is 11.6 Å². The number of carboxylic acid groups (broad SMARTS) is 1. The molecule has 1 aromatic heterocycles. The molecule has 0 fully saturated rings. The number of rotatable bonds is 4. The van der Waals surface area contributed by atoms with Gasteiger partial charge in [-0.2, -0.15) is 0 Å². The maximum atomic E-state index is 15.0. The van der Waals surface area contributed by atoms with Crippen LogP contribution in [0.2, 0.25) is 0 Å². The van der Waals surface area contributed by atoms with Crippen LogP contribution in [0.25, 0.3) is 22.0 Å². The van der Waals surface area contributed by atoms with Gasteiger partial charge in [-0.1, -0.05) is 48.2 Å². The monoisotopic (exact) mass is 450 g/mol. The first-order valence-electron chi connectivity index (χ1n) is 9.75. The maximum absolute atomic E-state index is 15.0. The van der Waals surface area contributed by atoms with Crippen molar-refractivity contribution in [2.24, 2.45) is 5.73 Å². The number of hydrogen-bond donors (Lipinski definition) is 2. The predicted octanol–water partition coefficient (Wildman–Crippen LogP) is 4.76. The van der Waals surface area contributed by atoms with Crippen LogP contribution in [0.4, 0.5) is 8.78 Å². The number of pyridine rings is 1. The van der Waals surface area contributed by atoms with Gasteiger partial charge >= 0.3 is 5.97 Å². The van der Waals surface area contributed by atoms with Crippen LogP contribution in [0.15, 0.2) is 70.5 Å². The van der Waals surface area contributed by atoms with Crippen molar-refractivity contribution >= 4 is 28.6 Å². The van der Waals surface area contributed by atoms with Gasteiger partial charge in [0.15, 0.2) is 0 Å². The topological polar surface area (TPSA) is 85.3 Å². The van der Waals surface area contributed by atoms with Crippen molar-refractivity contribution in [1.29, 1.82) is 0 Å². The van der Waals surface area contributed by atoms with Crippen molar-refractivity contribution in [2.75, 3.05) is 0 Å². The van der Waals surface area contributed by atoms with Gasteiger partial charge in [0.25, 0.3) is 0 Å². The molecule has 0 amide bonds. The molecule has 3 N–H and O–H groups in total. The van der Waals surface area contributed by atoms with E-state index in [9.17, 15) is 19.1 Å². The first-order chi connectivity index (χ1) is 15.4. The Hall–Kier alpha value is -3.49. The second kappa shape index (κ2) is 7.58. The Bertz CT molecular complexity index is 1450. The summed E-state index contributed by atoms with van der Waals surface area (Å²) in [4.78, 5) is 24.7. The molecule has 0 aliphatic carbocycles. The highest BCUT2D eigenvalue weighted by atomic mass is 32.2. The van der Waals surface area contributed by atoms with E-state index in [-0.39, 0.29) is 27.7 Å². The number of benzene rings is 3. The van der Waals surface area contributed by atoms with Gasteiger partial charge in [-0.3, -0.25) is 4.79 Å². The van der Waals surface area contributed by atoms with Gasteiger partial charge in [0.1, 0.15) is 22.6 Å². The zero-order chi connectivity index (χ0) is 22.6. The molecule has 1 aliphatic rings. The Kier molecular flexibility index (Phi) is 4.83. The number of halogens is 2. The third-order valence-corrected chi connectivity index (χ3v) is 6.91. The first-order valence-corrected chi connectivity index (χ1v) is 10.6. The predicted molar refractivity (Wildman–Crippen MR) is 119 cm³/mol. The van der Waals surface area contributed by atoms with Crippen LogP contribution in [-0.2, 0) is 6.54 Å². The lowest BCUT2D eigenvalue weighted by molar-refractivity contribution is 0.0689. The number of fused-ring (bicyclic) bond motifs is 3. The van der Waals surface area contributed by atoms with Gasteiger partial charge in [-0.25, -0.2) is 13.6 Å². The summed E-state index contributed by atoms with van der Waals surface area (Å²) < 4.78 is 30.2. The smallest absolute Gasteiger partial charge is 0.342 e. The molecule has 1 unspecified atom stereocenters. The largest absolute Gasteiger partial charge is 0.477 e. The van der Waals surface area contributed by atoms with Crippen molar-refractivity contribution < 1.29 is 18.7 Å². The number of aromatic nitrogens is 1. The molecule has 4 aromatic rings. The minimum Gasteiger partial charge on any atom is -0.477 e. The Balaban J connectivity index is 1.77. The lowest BCUT2D eigenvalue weighted by Crippen LogP contribution is -2.29. The molecule has 2 heterocycles. The Morgan fingerprint density at radius 2 is 1.75 bits per heavy atom. The fraction of sp³-hybridized carbons (Fsp3) is 0.0833. The lowest BCUT2D eigenvalue weighted by Gasteiger charge is -2.35. The zero-order valence-corrected chi connectivity index (χ0v) is 17.3. The van der Waals surface area contributed by atoms with E-state index in [2.05, 4.69) is 0 Å². The van der Waals surface area contributed by atoms with Crippen molar-refractivity contribution in [3.8, 4) is 11.1 Å². The van der Waals surface area contributed by atoms with Gasteiger partial charge in [-0.15, -0.1) is 0 Å². The van der Waals surface area contributed by atoms with Crippen molar-refractivity contribution in [3.63, 3.8) is 0 Å². The van der Waals surface area contributed by atoms with E-state index in [1.165, 1.54) is 23.9 Å². The van der Waals surface area contributed by atoms with Crippen LogP contribution < -0.4 is 11.2 Å². The molecule has 5 rings (SSSR count). The van der Waals surface area contributed by atoms with Crippen LogP contribution in [0.3, 0.4) is 0 Å². The number of carbonyl (C=O) groups is 1. The summed E-state index contributed by atoms with van der Waals surface area (Å²) in [5, 5.41) is 9.53. The SMILES string of the molecule is NCc1ccc(-c2cc3c(cc2F)c(=O)c(C(=O)O)c2n3C(c3ccc(F)cc3)S2)cc1. The second-order valence-corrected chi connectivity index (χ2v) is 8.53. The Labute approximate surface area is 185 Å². The van der Waals surface area contributed by atoms with E-state index in [4.69, 9.17) is 5.73 Å². The summed E-state index contributed by atoms with van der Waals surface area (Å²) in [7, 11) is 0. The molecule has 5 nitrogen and oxygen atoms in total. The molecule has 32 heavy (non-hydrogen) atoms. The summed E-state index contributed by atoms with van der Waals surface area (Å²) in [6, 6.07) is 15.6. The summed E-state index contributed by atoms with van der Waals surface area (Å²) in [5.74, 6) is -2.38. The molecule has 0 bridgehead atoms. The third kappa shape index (κ3) is 3.11. The van der Waals surface area contributed by atoms with E-state index < -0.39 is 17.2 Å². The first kappa shape index (κ1) is 20.4. The molecule has 0 saturated heterocycles. The molecule has 0 saturated carbocycles. The van der Waals surface area contributed by atoms with E-state index in [1.807, 2.05) is 0 Å². The number of nitrogens with zero attached hydrogens (tertiary/aromatic N) is 1. The van der Waals surface area contributed by atoms with Gasteiger partial charge < -0.3 is 15.4 Å². The Morgan fingerprint density at radius 1 is 1.06 bits per heavy atom. The highest BCUT2D eigenvalue weighted by molar-refractivity contribution is 8.00. The van der Waals surface area contributed by atoms with E-state index in [0.29, 0.717) is 22.7 Å². The summed E-state index contributed by atoms with van der Waals surface area (Å²) in [6.07, 6.45) is 0. The minimum atomic E-state index is -1.37. The number of aromatic carboxylic acids is 1. The lowest BCUT2D eigenvalue weighted by atomic mass is 10.00. The average Bonchev–Trinajstić information content (AvgIpc) is 2.77. The highest BCUT2D eigenvalue weighted by Gasteiger charge is 2.36.